The van der Waals surface area contributed by atoms with Gasteiger partial charge >= 0.3 is 0 Å². The second kappa shape index (κ2) is 10.0. The molecule has 3 N–H and O–H groups in total. The predicted molar refractivity (Wildman–Crippen MR) is 121 cm³/mol. The first kappa shape index (κ1) is 21.6. The van der Waals surface area contributed by atoms with Crippen molar-refractivity contribution in [2.45, 2.75) is 20.4 Å². The Labute approximate surface area is 180 Å². The molecule has 0 aliphatic heterocycles. The Hall–Kier alpha value is -2.68. The number of halogens is 2. The molecule has 7 heteroatoms. The van der Waals surface area contributed by atoms with Crippen molar-refractivity contribution in [2.75, 3.05) is 5.32 Å². The fraction of sp³-hybridized carbons (Fsp3) is 0.143. The van der Waals surface area contributed by atoms with Crippen LogP contribution in [0.3, 0.4) is 0 Å². The standard InChI is InChI=1S/C21H21FN4O.HI/c1-14-8-15(2)10-17(9-14)26-21(23)25-12-16-5-6-20(19(22)11-16)27-18-4-3-7-24-13-18;/h3-11,13H,12H2,1-2H3,(H3,23,25,26);1H. The van der Waals surface area contributed by atoms with Crippen molar-refractivity contribution in [3.8, 4) is 11.5 Å². The van der Waals surface area contributed by atoms with Crippen LogP contribution >= 0.6 is 24.0 Å². The van der Waals surface area contributed by atoms with E-state index < -0.39 is 5.82 Å². The van der Waals surface area contributed by atoms with E-state index >= 15 is 0 Å². The summed E-state index contributed by atoms with van der Waals surface area (Å²) in [5.41, 5.74) is 9.77. The highest BCUT2D eigenvalue weighted by molar-refractivity contribution is 14.0. The number of ether oxygens (including phenoxy) is 1. The maximum absolute atomic E-state index is 14.3. The highest BCUT2D eigenvalue weighted by atomic mass is 127. The fourth-order valence-corrected chi connectivity index (χ4v) is 2.67. The van der Waals surface area contributed by atoms with Crippen LogP contribution in [0.15, 0.2) is 65.9 Å². The van der Waals surface area contributed by atoms with Crippen LogP contribution in [-0.2, 0) is 6.54 Å². The molecule has 0 aliphatic rings. The Balaban J connectivity index is 0.00000280. The van der Waals surface area contributed by atoms with Gasteiger partial charge in [0.25, 0.3) is 0 Å². The lowest BCUT2D eigenvalue weighted by Gasteiger charge is -2.09. The van der Waals surface area contributed by atoms with Crippen molar-refractivity contribution < 1.29 is 9.13 Å². The summed E-state index contributed by atoms with van der Waals surface area (Å²) in [6.45, 7) is 4.29. The van der Waals surface area contributed by atoms with Gasteiger partial charge in [-0.05, 0) is 66.9 Å². The highest BCUT2D eigenvalue weighted by Crippen LogP contribution is 2.24. The second-order valence-corrected chi connectivity index (χ2v) is 6.26. The summed E-state index contributed by atoms with van der Waals surface area (Å²) in [5.74, 6) is 0.421. The molecule has 146 valence electrons. The first-order valence-corrected chi connectivity index (χ1v) is 8.51. The van der Waals surface area contributed by atoms with E-state index in [1.54, 1.807) is 30.5 Å². The van der Waals surface area contributed by atoms with Gasteiger partial charge in [0.2, 0.25) is 0 Å². The number of benzene rings is 2. The highest BCUT2D eigenvalue weighted by Gasteiger charge is 2.06. The number of aromatic nitrogens is 1. The third kappa shape index (κ3) is 6.19. The van der Waals surface area contributed by atoms with Crippen molar-refractivity contribution in [2.24, 2.45) is 10.7 Å². The number of nitrogens with zero attached hydrogens (tertiary/aromatic N) is 2. The van der Waals surface area contributed by atoms with Gasteiger partial charge in [0.1, 0.15) is 5.75 Å². The smallest absolute Gasteiger partial charge is 0.193 e. The third-order valence-electron chi connectivity index (χ3n) is 3.78. The number of nitrogens with one attached hydrogen (secondary N) is 1. The van der Waals surface area contributed by atoms with Gasteiger partial charge in [-0.25, -0.2) is 9.38 Å². The van der Waals surface area contributed by atoms with Gasteiger partial charge in [-0.15, -0.1) is 24.0 Å². The quantitative estimate of drug-likeness (QED) is 0.293. The maximum atomic E-state index is 14.3. The van der Waals surface area contributed by atoms with Gasteiger partial charge in [-0.2, -0.15) is 0 Å². The van der Waals surface area contributed by atoms with E-state index in [4.69, 9.17) is 10.5 Å². The van der Waals surface area contributed by atoms with E-state index in [1.165, 1.54) is 12.3 Å². The van der Waals surface area contributed by atoms with E-state index in [2.05, 4.69) is 21.4 Å². The summed E-state index contributed by atoms with van der Waals surface area (Å²) in [5, 5.41) is 3.05. The number of rotatable bonds is 5. The van der Waals surface area contributed by atoms with Gasteiger partial charge < -0.3 is 15.8 Å². The molecule has 0 atom stereocenters. The average molecular weight is 492 g/mol. The van der Waals surface area contributed by atoms with Crippen LogP contribution in [0.2, 0.25) is 0 Å². The zero-order valence-corrected chi connectivity index (χ0v) is 18.0. The molecule has 0 fully saturated rings. The van der Waals surface area contributed by atoms with Crippen LogP contribution in [0.5, 0.6) is 11.5 Å². The number of pyridine rings is 1. The van der Waals surface area contributed by atoms with Crippen LogP contribution in [-0.4, -0.2) is 10.9 Å². The van der Waals surface area contributed by atoms with Crippen molar-refractivity contribution in [1.29, 1.82) is 0 Å². The van der Waals surface area contributed by atoms with Crippen molar-refractivity contribution >= 4 is 35.6 Å². The molecule has 2 aromatic carbocycles. The van der Waals surface area contributed by atoms with Crippen LogP contribution in [0.4, 0.5) is 10.1 Å². The summed E-state index contributed by atoms with van der Waals surface area (Å²) in [7, 11) is 0. The normalized spacial score (nSPS) is 10.9. The fourth-order valence-electron chi connectivity index (χ4n) is 2.67. The minimum Gasteiger partial charge on any atom is -0.453 e. The Morgan fingerprint density at radius 1 is 1.14 bits per heavy atom. The number of aliphatic imine (C=N–C) groups is 1. The molecular weight excluding hydrogens is 470 g/mol. The SMILES string of the molecule is Cc1cc(C)cc(NC(N)=NCc2ccc(Oc3cccnc3)c(F)c2)c1.I. The topological polar surface area (TPSA) is 72.5 Å². The Kier molecular flexibility index (Phi) is 7.74. The van der Waals surface area contributed by atoms with Gasteiger partial charge in [0.05, 0.1) is 12.7 Å². The molecule has 0 amide bonds. The number of hydrogen-bond donors (Lipinski definition) is 2. The maximum Gasteiger partial charge on any atom is 0.193 e. The molecule has 5 nitrogen and oxygen atoms in total. The number of guanidine groups is 1. The first-order chi connectivity index (χ1) is 13.0. The van der Waals surface area contributed by atoms with Gasteiger partial charge in [-0.1, -0.05) is 12.1 Å². The molecule has 1 heterocycles. The lowest BCUT2D eigenvalue weighted by atomic mass is 10.1. The number of anilines is 1. The zero-order chi connectivity index (χ0) is 19.2. The molecule has 0 radical (unpaired) electrons. The molecule has 1 aromatic heterocycles. The monoisotopic (exact) mass is 492 g/mol. The minimum absolute atomic E-state index is 0. The minimum atomic E-state index is -0.465. The predicted octanol–water partition coefficient (Wildman–Crippen LogP) is 5.17. The first-order valence-electron chi connectivity index (χ1n) is 8.51. The zero-order valence-electron chi connectivity index (χ0n) is 15.6. The van der Waals surface area contributed by atoms with Crippen LogP contribution in [0.1, 0.15) is 16.7 Å². The second-order valence-electron chi connectivity index (χ2n) is 6.26. The van der Waals surface area contributed by atoms with Crippen molar-refractivity contribution in [3.63, 3.8) is 0 Å². The van der Waals surface area contributed by atoms with Gasteiger partial charge in [0, 0.05) is 11.9 Å². The Morgan fingerprint density at radius 3 is 2.54 bits per heavy atom. The number of nitrogens with two attached hydrogens (primary N) is 1. The van der Waals surface area contributed by atoms with E-state index in [9.17, 15) is 4.39 Å². The summed E-state index contributed by atoms with van der Waals surface area (Å²) >= 11 is 0. The Morgan fingerprint density at radius 2 is 1.89 bits per heavy atom. The van der Waals surface area contributed by atoms with E-state index in [1.807, 2.05) is 26.0 Å². The molecule has 3 aromatic rings. The van der Waals surface area contributed by atoms with Crippen LogP contribution in [0, 0.1) is 19.7 Å². The molecule has 0 spiro atoms. The van der Waals surface area contributed by atoms with Crippen LogP contribution in [0.25, 0.3) is 0 Å². The lowest BCUT2D eigenvalue weighted by molar-refractivity contribution is 0.440. The molecule has 0 bridgehead atoms. The number of hydrogen-bond acceptors (Lipinski definition) is 3. The molecular formula is C21H22FIN4O. The molecule has 28 heavy (non-hydrogen) atoms. The van der Waals surface area contributed by atoms with E-state index in [-0.39, 0.29) is 42.2 Å². The summed E-state index contributed by atoms with van der Waals surface area (Å²) < 4.78 is 19.7. The Bertz CT molecular complexity index is 944. The largest absolute Gasteiger partial charge is 0.453 e. The van der Waals surface area contributed by atoms with Crippen molar-refractivity contribution in [3.05, 3.63) is 83.4 Å². The third-order valence-corrected chi connectivity index (χ3v) is 3.78. The van der Waals surface area contributed by atoms with E-state index in [0.29, 0.717) is 11.3 Å². The van der Waals surface area contributed by atoms with E-state index in [0.717, 1.165) is 16.8 Å². The molecule has 0 saturated carbocycles. The molecule has 0 aliphatic carbocycles. The van der Waals surface area contributed by atoms with Gasteiger partial charge in [-0.3, -0.25) is 4.98 Å². The van der Waals surface area contributed by atoms with Gasteiger partial charge in [0.15, 0.2) is 17.5 Å². The summed E-state index contributed by atoms with van der Waals surface area (Å²) in [4.78, 5) is 8.21. The molecule has 3 rings (SSSR count). The summed E-state index contributed by atoms with van der Waals surface area (Å²) in [6.07, 6.45) is 3.15. The lowest BCUT2D eigenvalue weighted by Crippen LogP contribution is -2.22. The van der Waals surface area contributed by atoms with Crippen LogP contribution < -0.4 is 15.8 Å². The molecule has 0 saturated heterocycles. The molecule has 0 unspecified atom stereocenters. The van der Waals surface area contributed by atoms with Crippen molar-refractivity contribution in [1.82, 2.24) is 4.98 Å². The summed E-state index contributed by atoms with van der Waals surface area (Å²) in [6, 6.07) is 14.2. The number of aryl methyl sites for hydroxylation is 2. The average Bonchev–Trinajstić information content (AvgIpc) is 2.62.